The SMILES string of the molecule is CCOC(=O)c1ccccc1Nc1cc(-c2ccccc2)nc(NCCOC)n1. The normalized spacial score (nSPS) is 10.4. The van der Waals surface area contributed by atoms with Crippen LogP contribution in [0.4, 0.5) is 17.5 Å². The molecule has 2 N–H and O–H groups in total. The second kappa shape index (κ2) is 10.2. The maximum Gasteiger partial charge on any atom is 0.340 e. The van der Waals surface area contributed by atoms with E-state index in [4.69, 9.17) is 9.47 Å². The third kappa shape index (κ3) is 5.52. The summed E-state index contributed by atoms with van der Waals surface area (Å²) in [5, 5.41) is 6.39. The highest BCUT2D eigenvalue weighted by Gasteiger charge is 2.14. The minimum Gasteiger partial charge on any atom is -0.462 e. The van der Waals surface area contributed by atoms with Crippen molar-refractivity contribution in [1.29, 1.82) is 0 Å². The number of anilines is 3. The molecule has 3 aromatic rings. The van der Waals surface area contributed by atoms with Gasteiger partial charge in [-0.05, 0) is 19.1 Å². The molecule has 150 valence electrons. The lowest BCUT2D eigenvalue weighted by molar-refractivity contribution is 0.0527. The molecule has 29 heavy (non-hydrogen) atoms. The van der Waals surface area contributed by atoms with E-state index < -0.39 is 0 Å². The Morgan fingerprint density at radius 3 is 2.55 bits per heavy atom. The van der Waals surface area contributed by atoms with E-state index in [1.165, 1.54) is 0 Å². The number of para-hydroxylation sites is 1. The highest BCUT2D eigenvalue weighted by atomic mass is 16.5. The second-order valence-electron chi connectivity index (χ2n) is 6.14. The standard InChI is InChI=1S/C22H24N4O3/c1-3-29-21(27)17-11-7-8-12-18(17)24-20-15-19(16-9-5-4-6-10-16)25-22(26-20)23-13-14-28-2/h4-12,15H,3,13-14H2,1-2H3,(H2,23,24,25,26). The lowest BCUT2D eigenvalue weighted by atomic mass is 10.1. The smallest absolute Gasteiger partial charge is 0.340 e. The molecule has 0 radical (unpaired) electrons. The van der Waals surface area contributed by atoms with Crippen molar-refractivity contribution in [3.8, 4) is 11.3 Å². The van der Waals surface area contributed by atoms with E-state index in [0.717, 1.165) is 11.3 Å². The number of carbonyl (C=O) groups excluding carboxylic acids is 1. The molecule has 0 unspecified atom stereocenters. The first kappa shape index (κ1) is 20.3. The molecule has 0 fully saturated rings. The van der Waals surface area contributed by atoms with E-state index in [1.54, 1.807) is 26.2 Å². The van der Waals surface area contributed by atoms with Gasteiger partial charge in [0.25, 0.3) is 0 Å². The van der Waals surface area contributed by atoms with Gasteiger partial charge in [0.05, 0.1) is 30.2 Å². The van der Waals surface area contributed by atoms with Crippen molar-refractivity contribution < 1.29 is 14.3 Å². The molecule has 0 amide bonds. The summed E-state index contributed by atoms with van der Waals surface area (Å²) in [5.74, 6) is 0.654. The molecule has 0 aliphatic carbocycles. The predicted octanol–water partition coefficient (Wildman–Crippen LogP) is 4.12. The average molecular weight is 392 g/mol. The van der Waals surface area contributed by atoms with Crippen LogP contribution in [-0.4, -0.2) is 42.8 Å². The molecule has 2 aromatic carbocycles. The first-order valence-electron chi connectivity index (χ1n) is 9.41. The van der Waals surface area contributed by atoms with Crippen molar-refractivity contribution in [1.82, 2.24) is 9.97 Å². The Morgan fingerprint density at radius 1 is 1.03 bits per heavy atom. The maximum atomic E-state index is 12.3. The first-order valence-corrected chi connectivity index (χ1v) is 9.41. The number of esters is 1. The van der Waals surface area contributed by atoms with Gasteiger partial charge in [0.1, 0.15) is 5.82 Å². The topological polar surface area (TPSA) is 85.4 Å². The van der Waals surface area contributed by atoms with Crippen LogP contribution >= 0.6 is 0 Å². The van der Waals surface area contributed by atoms with Gasteiger partial charge < -0.3 is 20.1 Å². The minimum atomic E-state index is -0.383. The van der Waals surface area contributed by atoms with Crippen molar-refractivity contribution in [3.63, 3.8) is 0 Å². The van der Waals surface area contributed by atoms with Crippen LogP contribution in [0.15, 0.2) is 60.7 Å². The Balaban J connectivity index is 1.94. The number of nitrogens with one attached hydrogen (secondary N) is 2. The van der Waals surface area contributed by atoms with E-state index in [9.17, 15) is 4.79 Å². The van der Waals surface area contributed by atoms with Crippen molar-refractivity contribution in [2.45, 2.75) is 6.92 Å². The number of aromatic nitrogens is 2. The Hall–Kier alpha value is -3.45. The third-order valence-corrected chi connectivity index (χ3v) is 4.07. The summed E-state index contributed by atoms with van der Waals surface area (Å²) in [6.07, 6.45) is 0. The van der Waals surface area contributed by atoms with Gasteiger partial charge in [-0.2, -0.15) is 4.98 Å². The number of hydrogen-bond acceptors (Lipinski definition) is 7. The first-order chi connectivity index (χ1) is 14.2. The fraction of sp³-hybridized carbons (Fsp3) is 0.227. The molecule has 1 aromatic heterocycles. The van der Waals surface area contributed by atoms with Gasteiger partial charge in [-0.25, -0.2) is 9.78 Å². The van der Waals surface area contributed by atoms with E-state index in [0.29, 0.717) is 42.8 Å². The summed E-state index contributed by atoms with van der Waals surface area (Å²) in [6.45, 7) is 3.20. The molecule has 0 saturated heterocycles. The predicted molar refractivity (Wildman–Crippen MR) is 114 cm³/mol. The van der Waals surface area contributed by atoms with Crippen molar-refractivity contribution in [2.75, 3.05) is 37.5 Å². The van der Waals surface area contributed by atoms with E-state index in [-0.39, 0.29) is 5.97 Å². The zero-order valence-corrected chi connectivity index (χ0v) is 16.5. The van der Waals surface area contributed by atoms with Gasteiger partial charge in [-0.15, -0.1) is 0 Å². The lowest BCUT2D eigenvalue weighted by Gasteiger charge is -2.13. The largest absolute Gasteiger partial charge is 0.462 e. The number of rotatable bonds is 9. The van der Waals surface area contributed by atoms with Crippen LogP contribution in [0.25, 0.3) is 11.3 Å². The number of methoxy groups -OCH3 is 1. The van der Waals surface area contributed by atoms with Crippen LogP contribution < -0.4 is 10.6 Å². The summed E-state index contributed by atoms with van der Waals surface area (Å²) >= 11 is 0. The molecular formula is C22H24N4O3. The fourth-order valence-electron chi connectivity index (χ4n) is 2.73. The molecule has 0 aliphatic rings. The number of benzene rings is 2. The Kier molecular flexibility index (Phi) is 7.13. The van der Waals surface area contributed by atoms with Gasteiger partial charge in [0, 0.05) is 25.3 Å². The molecule has 1 heterocycles. The lowest BCUT2D eigenvalue weighted by Crippen LogP contribution is -2.12. The van der Waals surface area contributed by atoms with E-state index in [2.05, 4.69) is 20.6 Å². The summed E-state index contributed by atoms with van der Waals surface area (Å²) in [6, 6.07) is 18.9. The molecule has 0 bridgehead atoms. The Morgan fingerprint density at radius 2 is 1.79 bits per heavy atom. The molecule has 0 aliphatic heterocycles. The third-order valence-electron chi connectivity index (χ3n) is 4.07. The summed E-state index contributed by atoms with van der Waals surface area (Å²) in [5.41, 5.74) is 2.79. The Bertz CT molecular complexity index is 948. The number of carbonyl (C=O) groups is 1. The van der Waals surface area contributed by atoms with Crippen LogP contribution in [0.5, 0.6) is 0 Å². The van der Waals surface area contributed by atoms with Crippen LogP contribution in [0.1, 0.15) is 17.3 Å². The molecular weight excluding hydrogens is 368 g/mol. The highest BCUT2D eigenvalue weighted by molar-refractivity contribution is 5.96. The fourth-order valence-corrected chi connectivity index (χ4v) is 2.73. The summed E-state index contributed by atoms with van der Waals surface area (Å²) < 4.78 is 10.2. The number of nitrogens with zero attached hydrogens (tertiary/aromatic N) is 2. The van der Waals surface area contributed by atoms with E-state index in [1.807, 2.05) is 48.5 Å². The highest BCUT2D eigenvalue weighted by Crippen LogP contribution is 2.25. The zero-order chi connectivity index (χ0) is 20.5. The van der Waals surface area contributed by atoms with Gasteiger partial charge in [-0.3, -0.25) is 0 Å². The maximum absolute atomic E-state index is 12.3. The second-order valence-corrected chi connectivity index (χ2v) is 6.14. The molecule has 0 spiro atoms. The minimum absolute atomic E-state index is 0.312. The molecule has 0 atom stereocenters. The van der Waals surface area contributed by atoms with Crippen LogP contribution in [0.3, 0.4) is 0 Å². The van der Waals surface area contributed by atoms with Crippen molar-refractivity contribution in [3.05, 3.63) is 66.2 Å². The zero-order valence-electron chi connectivity index (χ0n) is 16.5. The van der Waals surface area contributed by atoms with Gasteiger partial charge in [0.15, 0.2) is 0 Å². The molecule has 0 saturated carbocycles. The molecule has 3 rings (SSSR count). The van der Waals surface area contributed by atoms with Crippen LogP contribution in [0.2, 0.25) is 0 Å². The van der Waals surface area contributed by atoms with E-state index >= 15 is 0 Å². The van der Waals surface area contributed by atoms with Crippen LogP contribution in [-0.2, 0) is 9.47 Å². The van der Waals surface area contributed by atoms with Crippen molar-refractivity contribution >= 4 is 23.4 Å². The average Bonchev–Trinajstić information content (AvgIpc) is 2.75. The van der Waals surface area contributed by atoms with Crippen LogP contribution in [0, 0.1) is 0 Å². The number of hydrogen-bond donors (Lipinski definition) is 2. The molecule has 7 nitrogen and oxygen atoms in total. The van der Waals surface area contributed by atoms with Gasteiger partial charge in [0.2, 0.25) is 5.95 Å². The van der Waals surface area contributed by atoms with Gasteiger partial charge >= 0.3 is 5.97 Å². The van der Waals surface area contributed by atoms with Gasteiger partial charge in [-0.1, -0.05) is 42.5 Å². The molecule has 7 heteroatoms. The number of ether oxygens (including phenoxy) is 2. The van der Waals surface area contributed by atoms with Crippen molar-refractivity contribution in [2.24, 2.45) is 0 Å². The summed E-state index contributed by atoms with van der Waals surface area (Å²) in [7, 11) is 1.64. The monoisotopic (exact) mass is 392 g/mol. The summed E-state index contributed by atoms with van der Waals surface area (Å²) in [4.78, 5) is 21.4. The Labute approximate surface area is 170 Å². The quantitative estimate of drug-likeness (QED) is 0.418.